The van der Waals surface area contributed by atoms with E-state index in [4.69, 9.17) is 0 Å². The Labute approximate surface area is 163 Å². The first-order chi connectivity index (χ1) is 13.3. The van der Waals surface area contributed by atoms with E-state index >= 15 is 0 Å². The first-order valence-corrected chi connectivity index (χ1v) is 9.47. The number of aromatic nitrogens is 2. The molecule has 1 aliphatic rings. The zero-order valence-electron chi connectivity index (χ0n) is 16.3. The molecular weight excluding hydrogens is 367 g/mol. The van der Waals surface area contributed by atoms with Crippen molar-refractivity contribution in [3.8, 4) is 0 Å². The number of nitrogens with one attached hydrogen (secondary N) is 2. The van der Waals surface area contributed by atoms with Crippen molar-refractivity contribution in [2.24, 2.45) is 4.99 Å². The van der Waals surface area contributed by atoms with Crippen LogP contribution in [0.2, 0.25) is 0 Å². The number of halogens is 3. The van der Waals surface area contributed by atoms with E-state index in [0.717, 1.165) is 31.0 Å². The van der Waals surface area contributed by atoms with E-state index in [-0.39, 0.29) is 18.2 Å². The van der Waals surface area contributed by atoms with Crippen molar-refractivity contribution >= 4 is 5.96 Å². The molecule has 1 aliphatic carbocycles. The van der Waals surface area contributed by atoms with Gasteiger partial charge in [0.05, 0.1) is 11.3 Å². The molecule has 1 heterocycles. The minimum absolute atomic E-state index is 0.0509. The fraction of sp³-hybridized carbons (Fsp3) is 0.500. The number of rotatable bonds is 4. The summed E-state index contributed by atoms with van der Waals surface area (Å²) in [5.41, 5.74) is 1.92. The Balaban J connectivity index is 1.62. The lowest BCUT2D eigenvalue weighted by atomic mass is 9.94. The normalized spacial score (nSPS) is 17.5. The highest BCUT2D eigenvalue weighted by atomic mass is 19.4. The van der Waals surface area contributed by atoms with Gasteiger partial charge in [-0.05, 0) is 43.9 Å². The number of nitrogens with zero attached hydrogens (tertiary/aromatic N) is 3. The lowest BCUT2D eigenvalue weighted by Crippen LogP contribution is -2.45. The molecule has 0 fully saturated rings. The summed E-state index contributed by atoms with van der Waals surface area (Å²) in [5, 5.41) is 11.0. The van der Waals surface area contributed by atoms with Gasteiger partial charge in [0, 0.05) is 38.3 Å². The molecular formula is C20H26F3N5. The van der Waals surface area contributed by atoms with E-state index in [2.05, 4.69) is 40.8 Å². The maximum atomic E-state index is 13.1. The third-order valence-electron chi connectivity index (χ3n) is 4.96. The number of aryl methyl sites for hydroxylation is 1. The van der Waals surface area contributed by atoms with Gasteiger partial charge in [-0.2, -0.15) is 18.3 Å². The van der Waals surface area contributed by atoms with Gasteiger partial charge in [0.2, 0.25) is 0 Å². The lowest BCUT2D eigenvalue weighted by molar-refractivity contribution is -0.138. The zero-order chi connectivity index (χ0) is 20.3. The lowest BCUT2D eigenvalue weighted by Gasteiger charge is -2.24. The molecule has 1 unspecified atom stereocenters. The van der Waals surface area contributed by atoms with Crippen LogP contribution in [0.25, 0.3) is 0 Å². The molecule has 0 amide bonds. The van der Waals surface area contributed by atoms with Crippen LogP contribution in [0.1, 0.15) is 48.7 Å². The predicted molar refractivity (Wildman–Crippen MR) is 103 cm³/mol. The highest BCUT2D eigenvalue weighted by molar-refractivity contribution is 5.80. The van der Waals surface area contributed by atoms with Crippen LogP contribution in [0.5, 0.6) is 0 Å². The van der Waals surface area contributed by atoms with Crippen molar-refractivity contribution in [2.75, 3.05) is 7.05 Å². The van der Waals surface area contributed by atoms with Crippen molar-refractivity contribution in [3.05, 3.63) is 52.8 Å². The SMILES string of the molecule is CN=C(NCc1ccccc1C(F)(F)F)NC1CCc2cn(C(C)C)nc2C1. The average Bonchev–Trinajstić information content (AvgIpc) is 3.08. The summed E-state index contributed by atoms with van der Waals surface area (Å²) in [7, 11) is 1.62. The van der Waals surface area contributed by atoms with Crippen LogP contribution in [-0.4, -0.2) is 28.8 Å². The topological polar surface area (TPSA) is 54.2 Å². The molecule has 28 heavy (non-hydrogen) atoms. The summed E-state index contributed by atoms with van der Waals surface area (Å²) in [5.74, 6) is 0.494. The fourth-order valence-corrected chi connectivity index (χ4v) is 3.42. The summed E-state index contributed by atoms with van der Waals surface area (Å²) < 4.78 is 41.4. The zero-order valence-corrected chi connectivity index (χ0v) is 16.3. The number of hydrogen-bond acceptors (Lipinski definition) is 2. The van der Waals surface area contributed by atoms with Gasteiger partial charge < -0.3 is 10.6 Å². The van der Waals surface area contributed by atoms with E-state index in [1.54, 1.807) is 13.1 Å². The van der Waals surface area contributed by atoms with Crippen molar-refractivity contribution in [2.45, 2.75) is 57.9 Å². The van der Waals surface area contributed by atoms with E-state index < -0.39 is 11.7 Å². The van der Waals surface area contributed by atoms with Gasteiger partial charge in [0.15, 0.2) is 5.96 Å². The Bertz CT molecular complexity index is 839. The molecule has 3 rings (SSSR count). The summed E-state index contributed by atoms with van der Waals surface area (Å²) in [4.78, 5) is 4.17. The van der Waals surface area contributed by atoms with E-state index in [0.29, 0.717) is 12.0 Å². The molecule has 0 saturated heterocycles. The Morgan fingerprint density at radius 3 is 2.75 bits per heavy atom. The molecule has 1 aromatic carbocycles. The molecule has 2 N–H and O–H groups in total. The van der Waals surface area contributed by atoms with Crippen LogP contribution >= 0.6 is 0 Å². The smallest absolute Gasteiger partial charge is 0.353 e. The van der Waals surface area contributed by atoms with Crippen LogP contribution in [0.4, 0.5) is 13.2 Å². The molecule has 0 spiro atoms. The van der Waals surface area contributed by atoms with Gasteiger partial charge in [-0.25, -0.2) is 0 Å². The number of hydrogen-bond donors (Lipinski definition) is 2. The van der Waals surface area contributed by atoms with Crippen molar-refractivity contribution in [1.29, 1.82) is 0 Å². The monoisotopic (exact) mass is 393 g/mol. The minimum Gasteiger partial charge on any atom is -0.353 e. The quantitative estimate of drug-likeness (QED) is 0.615. The Morgan fingerprint density at radius 1 is 1.32 bits per heavy atom. The third kappa shape index (κ3) is 4.66. The van der Waals surface area contributed by atoms with Gasteiger partial charge >= 0.3 is 6.18 Å². The predicted octanol–water partition coefficient (Wildman–Crippen LogP) is 3.71. The largest absolute Gasteiger partial charge is 0.416 e. The van der Waals surface area contributed by atoms with Crippen molar-refractivity contribution in [1.82, 2.24) is 20.4 Å². The standard InChI is InChI=1S/C20H26F3N5/c1-13(2)28-12-15-8-9-16(10-18(15)27-28)26-19(24-3)25-11-14-6-4-5-7-17(14)20(21,22)23/h4-7,12-13,16H,8-11H2,1-3H3,(H2,24,25,26). The molecule has 1 atom stereocenters. The van der Waals surface area contributed by atoms with Crippen LogP contribution in [0.3, 0.4) is 0 Å². The first kappa shape index (κ1) is 20.2. The number of benzene rings is 1. The molecule has 0 bridgehead atoms. The van der Waals surface area contributed by atoms with Crippen molar-refractivity contribution < 1.29 is 13.2 Å². The summed E-state index contributed by atoms with van der Waals surface area (Å²) >= 11 is 0. The average molecular weight is 393 g/mol. The Hall–Kier alpha value is -2.51. The van der Waals surface area contributed by atoms with Gasteiger partial charge in [-0.3, -0.25) is 9.67 Å². The molecule has 2 aromatic rings. The molecule has 8 heteroatoms. The Kier molecular flexibility index (Phi) is 5.96. The van der Waals surface area contributed by atoms with Gasteiger partial charge in [-0.1, -0.05) is 18.2 Å². The summed E-state index contributed by atoms with van der Waals surface area (Å²) in [6.07, 6.45) is 0.362. The summed E-state index contributed by atoms with van der Waals surface area (Å²) in [6, 6.07) is 6.05. The molecule has 5 nitrogen and oxygen atoms in total. The van der Waals surface area contributed by atoms with E-state index in [1.807, 2.05) is 4.68 Å². The van der Waals surface area contributed by atoms with Crippen LogP contribution in [0.15, 0.2) is 35.5 Å². The molecule has 152 valence electrons. The highest BCUT2D eigenvalue weighted by Crippen LogP contribution is 2.31. The number of guanidine groups is 1. The number of aliphatic imine (C=N–C) groups is 1. The number of alkyl halides is 3. The second-order valence-electron chi connectivity index (χ2n) is 7.34. The molecule has 0 aliphatic heterocycles. The molecule has 0 saturated carbocycles. The van der Waals surface area contributed by atoms with E-state index in [9.17, 15) is 13.2 Å². The second-order valence-corrected chi connectivity index (χ2v) is 7.34. The van der Waals surface area contributed by atoms with Gasteiger partial charge in [0.1, 0.15) is 0 Å². The maximum Gasteiger partial charge on any atom is 0.416 e. The van der Waals surface area contributed by atoms with Gasteiger partial charge in [0.25, 0.3) is 0 Å². The summed E-state index contributed by atoms with van der Waals surface area (Å²) in [6.45, 7) is 4.24. The van der Waals surface area contributed by atoms with Crippen LogP contribution in [0, 0.1) is 0 Å². The highest BCUT2D eigenvalue weighted by Gasteiger charge is 2.32. The van der Waals surface area contributed by atoms with Crippen LogP contribution in [-0.2, 0) is 25.6 Å². The molecule has 1 aromatic heterocycles. The first-order valence-electron chi connectivity index (χ1n) is 9.47. The third-order valence-corrected chi connectivity index (χ3v) is 4.96. The molecule has 0 radical (unpaired) electrons. The minimum atomic E-state index is -4.37. The van der Waals surface area contributed by atoms with E-state index in [1.165, 1.54) is 17.7 Å². The number of fused-ring (bicyclic) bond motifs is 1. The van der Waals surface area contributed by atoms with Gasteiger partial charge in [-0.15, -0.1) is 0 Å². The van der Waals surface area contributed by atoms with Crippen molar-refractivity contribution in [3.63, 3.8) is 0 Å². The fourth-order valence-electron chi connectivity index (χ4n) is 3.42. The second kappa shape index (κ2) is 8.24. The Morgan fingerprint density at radius 2 is 2.07 bits per heavy atom. The van der Waals surface area contributed by atoms with Crippen LogP contribution < -0.4 is 10.6 Å². The maximum absolute atomic E-state index is 13.1.